The minimum Gasteiger partial charge on any atom is -0.335 e. The highest BCUT2D eigenvalue weighted by Gasteiger charge is 2.32. The number of aryl methyl sites for hydroxylation is 1. The van der Waals surface area contributed by atoms with Crippen molar-refractivity contribution in [2.45, 2.75) is 63.8 Å². The minimum absolute atomic E-state index is 0.281. The van der Waals surface area contributed by atoms with Gasteiger partial charge in [0.25, 0.3) is 5.01 Å². The molecule has 0 saturated heterocycles. The number of thiazole rings is 1. The molecule has 0 unspecified atom stereocenters. The van der Waals surface area contributed by atoms with Crippen molar-refractivity contribution in [3.8, 4) is 0 Å². The van der Waals surface area contributed by atoms with Crippen molar-refractivity contribution in [3.63, 3.8) is 0 Å². The molecule has 0 amide bonds. The molecule has 4 aliphatic rings. The lowest BCUT2D eigenvalue weighted by Gasteiger charge is -2.32. The van der Waals surface area contributed by atoms with Crippen molar-refractivity contribution in [1.29, 1.82) is 0 Å². The predicted octanol–water partition coefficient (Wildman–Crippen LogP) is 8.66. The molecule has 0 radical (unpaired) electrons. The smallest absolute Gasteiger partial charge is 0.265 e. The molecule has 182 valence electrons. The number of allylic oxidation sites excluding steroid dienone is 7. The van der Waals surface area contributed by atoms with Gasteiger partial charge in [0, 0.05) is 29.5 Å². The van der Waals surface area contributed by atoms with Gasteiger partial charge in [0.05, 0.1) is 10.7 Å². The molecule has 3 aliphatic heterocycles. The van der Waals surface area contributed by atoms with Crippen LogP contribution in [0.3, 0.4) is 0 Å². The van der Waals surface area contributed by atoms with Crippen molar-refractivity contribution in [1.82, 2.24) is 0 Å². The number of aromatic nitrogens is 1. The second-order valence-electron chi connectivity index (χ2n) is 11.4. The Balaban J connectivity index is 1.27. The Morgan fingerprint density at radius 2 is 1.81 bits per heavy atom. The zero-order valence-electron chi connectivity index (χ0n) is 21.2. The maximum Gasteiger partial charge on any atom is 0.265 e. The number of rotatable bonds is 2. The first-order chi connectivity index (χ1) is 17.5. The lowest BCUT2D eigenvalue weighted by molar-refractivity contribution is -0.672. The van der Waals surface area contributed by atoms with Crippen LogP contribution in [0.1, 0.15) is 57.4 Å². The van der Waals surface area contributed by atoms with Crippen LogP contribution in [0, 0.1) is 5.41 Å². The van der Waals surface area contributed by atoms with E-state index < -0.39 is 0 Å². The second kappa shape index (κ2) is 8.78. The average Bonchev–Trinajstić information content (AvgIpc) is 3.43. The summed E-state index contributed by atoms with van der Waals surface area (Å²) in [5, 5.41) is 2.93. The van der Waals surface area contributed by atoms with Gasteiger partial charge >= 0.3 is 0 Å². The van der Waals surface area contributed by atoms with Crippen LogP contribution in [0.4, 0.5) is 5.69 Å². The molecule has 36 heavy (non-hydrogen) atoms. The number of hydrogen-bond acceptors (Lipinski definition) is 3. The molecule has 1 aliphatic carbocycles. The number of benzene rings is 2. The summed E-state index contributed by atoms with van der Waals surface area (Å²) in [6.45, 7) is 7.16. The van der Waals surface area contributed by atoms with E-state index in [4.69, 9.17) is 0 Å². The quantitative estimate of drug-likeness (QED) is 0.319. The molecule has 0 N–H and O–H groups in total. The fourth-order valence-corrected chi connectivity index (χ4v) is 8.93. The molecule has 4 heteroatoms. The van der Waals surface area contributed by atoms with Gasteiger partial charge in [-0.05, 0) is 78.5 Å². The van der Waals surface area contributed by atoms with Crippen molar-refractivity contribution in [3.05, 3.63) is 93.5 Å². The monoisotopic (exact) mass is 509 g/mol. The zero-order valence-corrected chi connectivity index (χ0v) is 22.9. The minimum atomic E-state index is 0.281. The molecule has 0 saturated carbocycles. The molecule has 4 heterocycles. The summed E-state index contributed by atoms with van der Waals surface area (Å²) < 4.78 is 3.96. The summed E-state index contributed by atoms with van der Waals surface area (Å²) in [7, 11) is 0. The van der Waals surface area contributed by atoms with Gasteiger partial charge in [-0.25, -0.2) is 0 Å². The van der Waals surface area contributed by atoms with Crippen molar-refractivity contribution in [2.75, 3.05) is 11.4 Å². The predicted molar refractivity (Wildman–Crippen MR) is 154 cm³/mol. The third-order valence-electron chi connectivity index (χ3n) is 7.88. The summed E-state index contributed by atoms with van der Waals surface area (Å²) in [6, 6.07) is 17.8. The standard InChI is InChI=1S/C32H33N2S2/c1-32(2)20-22(18-24-9-7-15-33-26-11-3-5-13-28(26)35-30(24)33)17-23(21-32)19-25-10-8-16-34-27-12-4-6-14-29(27)36-31(25)34/h3-6,11-14,17-19H,7-10,15-16,20-21H2,1-2H3/q+1. The highest BCUT2D eigenvalue weighted by Crippen LogP contribution is 2.50. The van der Waals surface area contributed by atoms with Crippen molar-refractivity contribution in [2.24, 2.45) is 5.41 Å². The number of fused-ring (bicyclic) bond motifs is 6. The Kier molecular flexibility index (Phi) is 5.52. The second-order valence-corrected chi connectivity index (χ2v) is 13.5. The van der Waals surface area contributed by atoms with E-state index in [0.717, 1.165) is 25.9 Å². The molecule has 0 fully saturated rings. The van der Waals surface area contributed by atoms with Crippen LogP contribution in [0.25, 0.3) is 15.8 Å². The molecule has 7 rings (SSSR count). The SMILES string of the molecule is CC1(C)CC(C=C2CCC[n+]3c2sc2ccccc23)=CC(=CC2=C3Sc4ccccc4N3CCC2)C1. The van der Waals surface area contributed by atoms with Gasteiger partial charge in [0.2, 0.25) is 5.52 Å². The number of nitrogens with zero attached hydrogens (tertiary/aromatic N) is 2. The summed E-state index contributed by atoms with van der Waals surface area (Å²) in [5.74, 6) is 0. The maximum atomic E-state index is 2.55. The highest BCUT2D eigenvalue weighted by molar-refractivity contribution is 8.03. The van der Waals surface area contributed by atoms with E-state index in [1.807, 2.05) is 23.1 Å². The zero-order chi connectivity index (χ0) is 24.3. The summed E-state index contributed by atoms with van der Waals surface area (Å²) >= 11 is 3.93. The Hall–Kier alpha value is -2.56. The van der Waals surface area contributed by atoms with Gasteiger partial charge in [-0.15, -0.1) is 0 Å². The van der Waals surface area contributed by atoms with E-state index in [0.29, 0.717) is 0 Å². The molecule has 0 atom stereocenters. The summed E-state index contributed by atoms with van der Waals surface area (Å²) in [5.41, 5.74) is 9.12. The third kappa shape index (κ3) is 3.99. The Morgan fingerprint density at radius 1 is 0.944 bits per heavy atom. The number of hydrogen-bond donors (Lipinski definition) is 0. The number of anilines is 1. The van der Waals surface area contributed by atoms with Crippen LogP contribution in [0.2, 0.25) is 0 Å². The van der Waals surface area contributed by atoms with E-state index >= 15 is 0 Å². The van der Waals surface area contributed by atoms with Crippen LogP contribution < -0.4 is 9.47 Å². The third-order valence-corrected chi connectivity index (χ3v) is 10.4. The van der Waals surface area contributed by atoms with Gasteiger partial charge in [0.1, 0.15) is 4.70 Å². The van der Waals surface area contributed by atoms with Crippen LogP contribution >= 0.6 is 23.1 Å². The Labute approximate surface area is 222 Å². The largest absolute Gasteiger partial charge is 0.335 e. The molecular weight excluding hydrogens is 477 g/mol. The van der Waals surface area contributed by atoms with Gasteiger partial charge in [-0.2, -0.15) is 4.57 Å². The van der Waals surface area contributed by atoms with Crippen LogP contribution in [0.15, 0.2) is 93.4 Å². The fourth-order valence-electron chi connectivity index (χ4n) is 6.47. The molecule has 3 aromatic rings. The van der Waals surface area contributed by atoms with E-state index in [2.05, 4.69) is 90.1 Å². The summed E-state index contributed by atoms with van der Waals surface area (Å²) in [6.07, 6.45) is 14.7. The van der Waals surface area contributed by atoms with E-state index in [1.54, 1.807) is 0 Å². The van der Waals surface area contributed by atoms with Crippen molar-refractivity contribution < 1.29 is 4.57 Å². The normalized spacial score (nSPS) is 23.2. The van der Waals surface area contributed by atoms with Gasteiger partial charge < -0.3 is 4.90 Å². The van der Waals surface area contributed by atoms with E-state index in [1.165, 1.54) is 78.8 Å². The van der Waals surface area contributed by atoms with E-state index in [-0.39, 0.29) is 5.41 Å². The first kappa shape index (κ1) is 22.6. The molecule has 2 nitrogen and oxygen atoms in total. The number of para-hydroxylation sites is 2. The van der Waals surface area contributed by atoms with Gasteiger partial charge in [-0.1, -0.05) is 73.4 Å². The summed E-state index contributed by atoms with van der Waals surface area (Å²) in [4.78, 5) is 3.96. The van der Waals surface area contributed by atoms with Crippen LogP contribution in [0.5, 0.6) is 0 Å². The Morgan fingerprint density at radius 3 is 2.75 bits per heavy atom. The fraction of sp³-hybridized carbons (Fsp3) is 0.344. The average molecular weight is 510 g/mol. The lowest BCUT2D eigenvalue weighted by Crippen LogP contribution is -2.38. The first-order valence-corrected chi connectivity index (χ1v) is 15.0. The molecule has 0 bridgehead atoms. The van der Waals surface area contributed by atoms with Crippen molar-refractivity contribution >= 4 is 44.6 Å². The highest BCUT2D eigenvalue weighted by atomic mass is 32.2. The van der Waals surface area contributed by atoms with Crippen LogP contribution in [-0.2, 0) is 6.54 Å². The topological polar surface area (TPSA) is 7.12 Å². The van der Waals surface area contributed by atoms with Gasteiger partial charge in [0.15, 0.2) is 6.54 Å². The first-order valence-electron chi connectivity index (χ1n) is 13.4. The molecular formula is C32H33N2S2+. The Bertz CT molecular complexity index is 1500. The molecule has 2 aromatic carbocycles. The lowest BCUT2D eigenvalue weighted by atomic mass is 9.74. The number of thioether (sulfide) groups is 1. The van der Waals surface area contributed by atoms with Gasteiger partial charge in [-0.3, -0.25) is 0 Å². The van der Waals surface area contributed by atoms with Crippen LogP contribution in [-0.4, -0.2) is 6.54 Å². The van der Waals surface area contributed by atoms with E-state index in [9.17, 15) is 0 Å². The molecule has 0 spiro atoms. The molecule has 1 aromatic heterocycles. The maximum absolute atomic E-state index is 2.55.